The molecule has 0 unspecified atom stereocenters. The topological polar surface area (TPSA) is 27.1 Å². The summed E-state index contributed by atoms with van der Waals surface area (Å²) in [4.78, 5) is 4.09. The second-order valence-corrected chi connectivity index (χ2v) is 4.66. The highest BCUT2D eigenvalue weighted by atomic mass is 127. The van der Waals surface area contributed by atoms with E-state index in [9.17, 15) is 0 Å². The number of halogens is 1. The van der Waals surface area contributed by atoms with Gasteiger partial charge in [-0.25, -0.2) is 4.98 Å². The van der Waals surface area contributed by atoms with E-state index in [0.29, 0.717) is 6.73 Å². The molecule has 0 saturated carbocycles. The number of imidazole rings is 1. The van der Waals surface area contributed by atoms with E-state index < -0.39 is 0 Å². The summed E-state index contributed by atoms with van der Waals surface area (Å²) in [5.41, 5.74) is 0. The fourth-order valence-corrected chi connectivity index (χ4v) is 1.58. The van der Waals surface area contributed by atoms with E-state index in [1.807, 2.05) is 10.8 Å². The molecular formula is C7H11IN2OSi. The van der Waals surface area contributed by atoms with Gasteiger partial charge in [-0.2, -0.15) is 0 Å². The van der Waals surface area contributed by atoms with Gasteiger partial charge < -0.3 is 9.30 Å². The molecule has 0 aromatic carbocycles. The average molecular weight is 294 g/mol. The molecule has 0 spiro atoms. The Morgan fingerprint density at radius 2 is 2.58 bits per heavy atom. The van der Waals surface area contributed by atoms with Crippen LogP contribution in [0.25, 0.3) is 0 Å². The molecular weight excluding hydrogens is 283 g/mol. The molecule has 66 valence electrons. The molecule has 5 heteroatoms. The maximum Gasteiger partial charge on any atom is 0.123 e. The Morgan fingerprint density at radius 1 is 1.75 bits per heavy atom. The van der Waals surface area contributed by atoms with E-state index in [1.165, 1.54) is 0 Å². The van der Waals surface area contributed by atoms with E-state index in [4.69, 9.17) is 4.74 Å². The Hall–Kier alpha value is 0.117. The molecule has 0 N–H and O–H groups in total. The lowest BCUT2D eigenvalue weighted by Gasteiger charge is -2.02. The second kappa shape index (κ2) is 5.71. The van der Waals surface area contributed by atoms with E-state index >= 15 is 0 Å². The van der Waals surface area contributed by atoms with Crippen LogP contribution >= 0.6 is 22.6 Å². The van der Waals surface area contributed by atoms with Crippen LogP contribution in [0.5, 0.6) is 0 Å². The number of nitrogens with zero attached hydrogens (tertiary/aromatic N) is 2. The van der Waals surface area contributed by atoms with Crippen molar-refractivity contribution in [3.8, 4) is 0 Å². The summed E-state index contributed by atoms with van der Waals surface area (Å²) in [6.45, 7) is 3.66. The highest BCUT2D eigenvalue weighted by Crippen LogP contribution is 1.99. The Morgan fingerprint density at radius 3 is 3.17 bits per heavy atom. The second-order valence-electron chi connectivity index (χ2n) is 2.35. The van der Waals surface area contributed by atoms with Gasteiger partial charge in [0.1, 0.15) is 10.4 Å². The molecule has 0 aliphatic carbocycles. The summed E-state index contributed by atoms with van der Waals surface area (Å²) in [7, 11) is 0.979. The minimum Gasteiger partial charge on any atom is -0.361 e. The quantitative estimate of drug-likeness (QED) is 0.469. The van der Waals surface area contributed by atoms with Crippen LogP contribution in [0.3, 0.4) is 0 Å². The minimum absolute atomic E-state index is 0.625. The van der Waals surface area contributed by atoms with Gasteiger partial charge in [-0.1, -0.05) is 6.55 Å². The molecule has 0 atom stereocenters. The van der Waals surface area contributed by atoms with E-state index in [0.717, 1.165) is 25.9 Å². The summed E-state index contributed by atoms with van der Waals surface area (Å²) in [6, 6.07) is 1.16. The first-order valence-corrected chi connectivity index (χ1v) is 6.51. The summed E-state index contributed by atoms with van der Waals surface area (Å²) in [5, 5.41) is 0. The van der Waals surface area contributed by atoms with Gasteiger partial charge in [-0.3, -0.25) is 0 Å². The molecule has 0 bridgehead atoms. The van der Waals surface area contributed by atoms with Gasteiger partial charge in [-0.15, -0.1) is 0 Å². The third-order valence-corrected chi connectivity index (χ3v) is 2.60. The van der Waals surface area contributed by atoms with Crippen LogP contribution in [-0.2, 0) is 11.5 Å². The molecule has 3 nitrogen and oxygen atoms in total. The first-order chi connectivity index (χ1) is 5.83. The molecule has 0 saturated heterocycles. The Kier molecular flexibility index (Phi) is 4.85. The van der Waals surface area contributed by atoms with Crippen molar-refractivity contribution in [3.63, 3.8) is 0 Å². The van der Waals surface area contributed by atoms with Gasteiger partial charge in [0, 0.05) is 22.3 Å². The number of ether oxygens (including phenoxy) is 1. The van der Waals surface area contributed by atoms with Crippen molar-refractivity contribution < 1.29 is 4.74 Å². The predicted octanol–water partition coefficient (Wildman–Crippen LogP) is 1.63. The molecule has 0 aliphatic heterocycles. The van der Waals surface area contributed by atoms with Crippen LogP contribution < -0.4 is 0 Å². The number of hydrogen-bond donors (Lipinski definition) is 0. The first kappa shape index (κ1) is 10.2. The molecule has 0 fully saturated rings. The van der Waals surface area contributed by atoms with Crippen molar-refractivity contribution in [3.05, 3.63) is 16.2 Å². The molecule has 2 radical (unpaired) electrons. The average Bonchev–Trinajstić information content (AvgIpc) is 2.45. The normalized spacial score (nSPS) is 10.5. The highest BCUT2D eigenvalue weighted by molar-refractivity contribution is 14.1. The fraction of sp³-hybridized carbons (Fsp3) is 0.571. The molecule has 1 heterocycles. The van der Waals surface area contributed by atoms with Crippen molar-refractivity contribution in [1.29, 1.82) is 0 Å². The van der Waals surface area contributed by atoms with Crippen molar-refractivity contribution in [2.75, 3.05) is 6.61 Å². The molecule has 0 aliphatic rings. The minimum atomic E-state index is 0.625. The molecule has 1 aromatic rings. The lowest BCUT2D eigenvalue weighted by Crippen LogP contribution is -2.02. The highest BCUT2D eigenvalue weighted by Gasteiger charge is 1.93. The monoisotopic (exact) mass is 294 g/mol. The van der Waals surface area contributed by atoms with Gasteiger partial charge in [-0.05, 0) is 28.6 Å². The Bertz CT molecular complexity index is 229. The van der Waals surface area contributed by atoms with Crippen molar-refractivity contribution in [2.24, 2.45) is 0 Å². The van der Waals surface area contributed by atoms with Crippen LogP contribution in [-0.4, -0.2) is 25.7 Å². The predicted molar refractivity (Wildman–Crippen MR) is 57.3 cm³/mol. The summed E-state index contributed by atoms with van der Waals surface area (Å²) < 4.78 is 8.35. The van der Waals surface area contributed by atoms with Crippen LogP contribution in [0, 0.1) is 3.70 Å². The zero-order valence-corrected chi connectivity index (χ0v) is 10.1. The third-order valence-electron chi connectivity index (χ3n) is 1.34. The molecule has 0 amide bonds. The zero-order valence-electron chi connectivity index (χ0n) is 6.96. The number of rotatable bonds is 5. The van der Waals surface area contributed by atoms with Crippen molar-refractivity contribution >= 4 is 32.1 Å². The van der Waals surface area contributed by atoms with Gasteiger partial charge >= 0.3 is 0 Å². The smallest absolute Gasteiger partial charge is 0.123 e. The summed E-state index contributed by atoms with van der Waals surface area (Å²) >= 11 is 2.18. The number of aromatic nitrogens is 2. The van der Waals surface area contributed by atoms with Gasteiger partial charge in [0.15, 0.2) is 0 Å². The van der Waals surface area contributed by atoms with E-state index in [1.54, 1.807) is 6.33 Å². The van der Waals surface area contributed by atoms with Crippen LogP contribution in [0.15, 0.2) is 12.5 Å². The van der Waals surface area contributed by atoms with Gasteiger partial charge in [0.25, 0.3) is 0 Å². The zero-order chi connectivity index (χ0) is 8.81. The summed E-state index contributed by atoms with van der Waals surface area (Å²) in [6.07, 6.45) is 3.75. The maximum absolute atomic E-state index is 5.40. The molecule has 12 heavy (non-hydrogen) atoms. The molecule has 1 aromatic heterocycles. The molecule has 1 rings (SSSR count). The SMILES string of the molecule is C[Si]CCOCn1cnc(I)c1. The fourth-order valence-electron chi connectivity index (χ4n) is 0.748. The lowest BCUT2D eigenvalue weighted by atomic mass is 10.8. The van der Waals surface area contributed by atoms with Gasteiger partial charge in [0.05, 0.1) is 6.33 Å². The Labute approximate surface area is 88.5 Å². The van der Waals surface area contributed by atoms with Crippen molar-refractivity contribution in [2.45, 2.75) is 19.3 Å². The van der Waals surface area contributed by atoms with E-state index in [-0.39, 0.29) is 0 Å². The van der Waals surface area contributed by atoms with Gasteiger partial charge in [0.2, 0.25) is 0 Å². The first-order valence-electron chi connectivity index (χ1n) is 3.72. The van der Waals surface area contributed by atoms with Crippen molar-refractivity contribution in [1.82, 2.24) is 9.55 Å². The van der Waals surface area contributed by atoms with E-state index in [2.05, 4.69) is 34.1 Å². The largest absolute Gasteiger partial charge is 0.361 e. The van der Waals surface area contributed by atoms with Crippen LogP contribution in [0.1, 0.15) is 0 Å². The lowest BCUT2D eigenvalue weighted by molar-refractivity contribution is 0.0877. The Balaban J connectivity index is 2.15. The third kappa shape index (κ3) is 3.68. The standard InChI is InChI=1S/C7H11IN2OSi/c1-12-3-2-11-6-10-4-7(8)9-5-10/h4-5H,2-3,6H2,1H3. The number of hydrogen-bond acceptors (Lipinski definition) is 2. The maximum atomic E-state index is 5.40. The summed E-state index contributed by atoms with van der Waals surface area (Å²) in [5.74, 6) is 0. The van der Waals surface area contributed by atoms with Crippen LogP contribution in [0.4, 0.5) is 0 Å². The van der Waals surface area contributed by atoms with Crippen LogP contribution in [0.2, 0.25) is 12.6 Å².